The minimum atomic E-state index is -4.61. The van der Waals surface area contributed by atoms with E-state index >= 15 is 0 Å². The number of esters is 2. The molecule has 270 valence electrons. The summed E-state index contributed by atoms with van der Waals surface area (Å²) in [5, 5.41) is 0. The summed E-state index contributed by atoms with van der Waals surface area (Å²) in [5.41, 5.74) is 0. The van der Waals surface area contributed by atoms with Crippen molar-refractivity contribution in [2.24, 2.45) is 0 Å². The van der Waals surface area contributed by atoms with Crippen molar-refractivity contribution >= 4 is 19.8 Å². The maximum atomic E-state index is 12.5. The molecule has 0 aromatic heterocycles. The highest BCUT2D eigenvalue weighted by molar-refractivity contribution is 7.45. The molecule has 10 heteroatoms. The van der Waals surface area contributed by atoms with Gasteiger partial charge < -0.3 is 27.9 Å². The zero-order valence-electron chi connectivity index (χ0n) is 30.0. The predicted molar refractivity (Wildman–Crippen MR) is 185 cm³/mol. The maximum Gasteiger partial charge on any atom is 0.306 e. The smallest absolute Gasteiger partial charge is 0.306 e. The number of carbonyl (C=O) groups is 2. The first-order chi connectivity index (χ1) is 22.0. The molecular weight excluding hydrogens is 605 g/mol. The second kappa shape index (κ2) is 29.6. The Morgan fingerprint density at radius 3 is 1.61 bits per heavy atom. The lowest BCUT2D eigenvalue weighted by atomic mass is 10.1. The van der Waals surface area contributed by atoms with Crippen molar-refractivity contribution in [3.63, 3.8) is 0 Å². The Labute approximate surface area is 281 Å². The van der Waals surface area contributed by atoms with Gasteiger partial charge in [0.25, 0.3) is 7.82 Å². The number of ether oxygens (including phenoxy) is 2. The van der Waals surface area contributed by atoms with Crippen LogP contribution in [0.5, 0.6) is 0 Å². The van der Waals surface area contributed by atoms with Crippen molar-refractivity contribution in [2.45, 2.75) is 148 Å². The van der Waals surface area contributed by atoms with Crippen LogP contribution in [0.4, 0.5) is 0 Å². The van der Waals surface area contributed by atoms with Crippen molar-refractivity contribution in [3.8, 4) is 0 Å². The molecule has 1 unspecified atom stereocenters. The summed E-state index contributed by atoms with van der Waals surface area (Å²) in [4.78, 5) is 37.2. The summed E-state index contributed by atoms with van der Waals surface area (Å²) >= 11 is 0. The molecule has 0 aromatic carbocycles. The Kier molecular flexibility index (Phi) is 28.6. The van der Waals surface area contributed by atoms with E-state index in [9.17, 15) is 19.0 Å². The van der Waals surface area contributed by atoms with Crippen molar-refractivity contribution in [3.05, 3.63) is 24.3 Å². The fourth-order valence-corrected chi connectivity index (χ4v) is 5.22. The van der Waals surface area contributed by atoms with Gasteiger partial charge in [0.05, 0.1) is 27.7 Å². The zero-order valence-corrected chi connectivity index (χ0v) is 30.9. The molecule has 0 bridgehead atoms. The topological polar surface area (TPSA) is 111 Å². The molecule has 0 aliphatic rings. The quantitative estimate of drug-likeness (QED) is 0.0230. The van der Waals surface area contributed by atoms with Gasteiger partial charge >= 0.3 is 11.9 Å². The van der Waals surface area contributed by atoms with Crippen LogP contribution >= 0.6 is 7.82 Å². The van der Waals surface area contributed by atoms with Crippen LogP contribution in [0.1, 0.15) is 142 Å². The number of phosphoric ester groups is 1. The first-order valence-corrected chi connectivity index (χ1v) is 19.5. The second-order valence-corrected chi connectivity index (χ2v) is 14.6. The van der Waals surface area contributed by atoms with E-state index in [0.717, 1.165) is 83.5 Å². The molecule has 0 rings (SSSR count). The number of quaternary nitrogens is 1. The number of rotatable bonds is 32. The molecule has 2 atom stereocenters. The Balaban J connectivity index is 4.50. The number of phosphoric acid groups is 1. The van der Waals surface area contributed by atoms with Crippen molar-refractivity contribution in [1.29, 1.82) is 0 Å². The normalized spacial score (nSPS) is 14.1. The molecule has 46 heavy (non-hydrogen) atoms. The third-order valence-corrected chi connectivity index (χ3v) is 8.41. The predicted octanol–water partition coefficient (Wildman–Crippen LogP) is 8.60. The summed E-state index contributed by atoms with van der Waals surface area (Å²) in [6.45, 7) is 4.10. The molecule has 0 saturated carbocycles. The minimum absolute atomic E-state index is 0.0332. The van der Waals surface area contributed by atoms with Gasteiger partial charge in [-0.2, -0.15) is 0 Å². The van der Waals surface area contributed by atoms with E-state index in [2.05, 4.69) is 38.2 Å². The third-order valence-electron chi connectivity index (χ3n) is 7.44. The van der Waals surface area contributed by atoms with Gasteiger partial charge in [-0.15, -0.1) is 0 Å². The summed E-state index contributed by atoms with van der Waals surface area (Å²) < 4.78 is 33.6. The summed E-state index contributed by atoms with van der Waals surface area (Å²) in [6.07, 6.45) is 27.8. The lowest BCUT2D eigenvalue weighted by Gasteiger charge is -2.28. The number of unbranched alkanes of at least 4 members (excludes halogenated alkanes) is 14. The SMILES string of the molecule is CCCC/C=C\CCCCCCCC(=O)OC[C@H](COP(=O)([O-])OCC[N+](C)(C)C)OC(=O)CCCCCCC/C=C/CCCC. The van der Waals surface area contributed by atoms with Crippen LogP contribution in [0.15, 0.2) is 24.3 Å². The fraction of sp³-hybridized carbons (Fsp3) is 0.833. The van der Waals surface area contributed by atoms with E-state index in [1.807, 2.05) is 21.1 Å². The number of likely N-dealkylation sites (N-methyl/N-ethyl adjacent to an activating group) is 1. The molecule has 0 N–H and O–H groups in total. The van der Waals surface area contributed by atoms with Crippen LogP contribution in [0, 0.1) is 0 Å². The Bertz CT molecular complexity index is 855. The van der Waals surface area contributed by atoms with E-state index < -0.39 is 32.5 Å². The summed E-state index contributed by atoms with van der Waals surface area (Å²) in [7, 11) is 1.15. The molecular formula is C36H68NO8P. The van der Waals surface area contributed by atoms with E-state index in [4.69, 9.17) is 18.5 Å². The minimum Gasteiger partial charge on any atom is -0.756 e. The monoisotopic (exact) mass is 673 g/mol. The fourth-order valence-electron chi connectivity index (χ4n) is 4.50. The lowest BCUT2D eigenvalue weighted by Crippen LogP contribution is -2.37. The van der Waals surface area contributed by atoms with Crippen molar-refractivity contribution in [2.75, 3.05) is 47.5 Å². The third kappa shape index (κ3) is 32.4. The van der Waals surface area contributed by atoms with Crippen molar-refractivity contribution in [1.82, 2.24) is 0 Å². The van der Waals surface area contributed by atoms with Gasteiger partial charge in [0.2, 0.25) is 0 Å². The molecule has 0 aliphatic carbocycles. The van der Waals surface area contributed by atoms with E-state index in [1.54, 1.807) is 0 Å². The van der Waals surface area contributed by atoms with Gasteiger partial charge in [-0.1, -0.05) is 102 Å². The Hall–Kier alpha value is -1.51. The molecule has 0 amide bonds. The van der Waals surface area contributed by atoms with Gasteiger partial charge in [0.15, 0.2) is 6.10 Å². The van der Waals surface area contributed by atoms with Crippen LogP contribution in [0.3, 0.4) is 0 Å². The molecule has 0 fully saturated rings. The first-order valence-electron chi connectivity index (χ1n) is 18.0. The van der Waals surface area contributed by atoms with E-state index in [0.29, 0.717) is 17.4 Å². The lowest BCUT2D eigenvalue weighted by molar-refractivity contribution is -0.870. The molecule has 0 heterocycles. The highest BCUT2D eigenvalue weighted by Crippen LogP contribution is 2.38. The number of hydrogen-bond acceptors (Lipinski definition) is 8. The average molecular weight is 674 g/mol. The molecule has 0 radical (unpaired) electrons. The Morgan fingerprint density at radius 1 is 0.652 bits per heavy atom. The van der Waals surface area contributed by atoms with Gasteiger partial charge in [0.1, 0.15) is 19.8 Å². The average Bonchev–Trinajstić information content (AvgIpc) is 2.99. The summed E-state index contributed by atoms with van der Waals surface area (Å²) in [5.74, 6) is -0.861. The van der Waals surface area contributed by atoms with Gasteiger partial charge in [-0.3, -0.25) is 14.2 Å². The standard InChI is InChI=1S/C36H68NO8P/c1-6-8-10-12-14-16-18-20-22-24-26-28-35(38)42-32-34(33-44-46(40,41)43-31-30-37(3,4)5)45-36(39)29-27-25-23-21-19-17-15-13-11-9-7-2/h12-15,34H,6-11,16-33H2,1-5H3/b14-12-,15-13+/t34-/m1/s1. The van der Waals surface area contributed by atoms with Crippen molar-refractivity contribution < 1.29 is 42.1 Å². The van der Waals surface area contributed by atoms with Crippen LogP contribution in [-0.2, 0) is 32.7 Å². The molecule has 9 nitrogen and oxygen atoms in total. The molecule has 0 aromatic rings. The number of nitrogens with zero attached hydrogens (tertiary/aromatic N) is 1. The van der Waals surface area contributed by atoms with Gasteiger partial charge in [0, 0.05) is 12.8 Å². The van der Waals surface area contributed by atoms with Gasteiger partial charge in [-0.05, 0) is 51.4 Å². The number of allylic oxidation sites excluding steroid dienone is 4. The summed E-state index contributed by atoms with van der Waals surface area (Å²) in [6, 6.07) is 0. The van der Waals surface area contributed by atoms with E-state index in [1.165, 1.54) is 25.7 Å². The molecule has 0 saturated heterocycles. The maximum absolute atomic E-state index is 12.5. The molecule has 0 aliphatic heterocycles. The first kappa shape index (κ1) is 44.5. The second-order valence-electron chi connectivity index (χ2n) is 13.2. The van der Waals surface area contributed by atoms with E-state index in [-0.39, 0.29) is 26.1 Å². The van der Waals surface area contributed by atoms with Crippen LogP contribution in [0.2, 0.25) is 0 Å². The Morgan fingerprint density at radius 2 is 1.11 bits per heavy atom. The zero-order chi connectivity index (χ0) is 34.4. The highest BCUT2D eigenvalue weighted by atomic mass is 31.2. The van der Waals surface area contributed by atoms with Crippen LogP contribution in [0.25, 0.3) is 0 Å². The number of carbonyl (C=O) groups excluding carboxylic acids is 2. The number of hydrogen-bond donors (Lipinski definition) is 0. The van der Waals surface area contributed by atoms with Gasteiger partial charge in [-0.25, -0.2) is 0 Å². The largest absolute Gasteiger partial charge is 0.756 e. The molecule has 0 spiro atoms. The highest BCUT2D eigenvalue weighted by Gasteiger charge is 2.21. The van der Waals surface area contributed by atoms with Crippen LogP contribution in [-0.4, -0.2) is 70.0 Å². The van der Waals surface area contributed by atoms with Crippen LogP contribution < -0.4 is 4.89 Å².